The number of halogens is 1. The van der Waals surface area contributed by atoms with Gasteiger partial charge in [-0.3, -0.25) is 0 Å². The molecule has 12 heavy (non-hydrogen) atoms. The molecule has 0 saturated heterocycles. The van der Waals surface area contributed by atoms with Crippen LogP contribution in [0.4, 0.5) is 4.39 Å². The van der Waals surface area contributed by atoms with Gasteiger partial charge in [0, 0.05) is 0 Å². The molecule has 0 heterocycles. The summed E-state index contributed by atoms with van der Waals surface area (Å²) in [4.78, 5) is 0. The van der Waals surface area contributed by atoms with Crippen LogP contribution in [0.25, 0.3) is 0 Å². The summed E-state index contributed by atoms with van der Waals surface area (Å²) in [6, 6.07) is 5.64. The van der Waals surface area contributed by atoms with Crippen molar-refractivity contribution in [2.75, 3.05) is 0 Å². The molecule has 0 fully saturated rings. The summed E-state index contributed by atoms with van der Waals surface area (Å²) in [5.74, 6) is 0.256. The second-order valence-electron chi connectivity index (χ2n) is 3.33. The van der Waals surface area contributed by atoms with Gasteiger partial charge in [0.25, 0.3) is 0 Å². The van der Waals surface area contributed by atoms with Crippen molar-refractivity contribution >= 4 is 0 Å². The van der Waals surface area contributed by atoms with Crippen LogP contribution in [0, 0.1) is 5.82 Å². The third-order valence-electron chi connectivity index (χ3n) is 2.11. The lowest BCUT2D eigenvalue weighted by Crippen LogP contribution is -1.96. The van der Waals surface area contributed by atoms with Crippen LogP contribution < -0.4 is 0 Å². The molecule has 66 valence electrons. The summed E-state index contributed by atoms with van der Waals surface area (Å²) in [6.07, 6.45) is 0.770. The van der Waals surface area contributed by atoms with Gasteiger partial charge in [0.15, 0.2) is 0 Å². The van der Waals surface area contributed by atoms with Gasteiger partial charge < -0.3 is 0 Å². The molecule has 0 unspecified atom stereocenters. The van der Waals surface area contributed by atoms with Gasteiger partial charge in [0.2, 0.25) is 0 Å². The lowest BCUT2D eigenvalue weighted by molar-refractivity contribution is 0.584. The molecule has 0 N–H and O–H groups in total. The summed E-state index contributed by atoms with van der Waals surface area (Å²) >= 11 is 0. The monoisotopic (exact) mass is 166 g/mol. The normalized spacial score (nSPS) is 10.8. The minimum absolute atomic E-state index is 0.0185. The van der Waals surface area contributed by atoms with Gasteiger partial charge in [-0.15, -0.1) is 0 Å². The van der Waals surface area contributed by atoms with E-state index in [2.05, 4.69) is 0 Å². The van der Waals surface area contributed by atoms with E-state index in [1.54, 1.807) is 0 Å². The van der Waals surface area contributed by atoms with E-state index in [9.17, 15) is 4.39 Å². The Bertz CT molecular complexity index is 264. The maximum absolute atomic E-state index is 13.5. The Balaban J connectivity index is 3.14. The van der Waals surface area contributed by atoms with Gasteiger partial charge in [0.1, 0.15) is 5.82 Å². The third kappa shape index (κ3) is 1.66. The molecule has 1 aromatic rings. The summed E-state index contributed by atoms with van der Waals surface area (Å²) in [5, 5.41) is 0. The molecule has 0 aliphatic carbocycles. The van der Waals surface area contributed by atoms with E-state index >= 15 is 0 Å². The third-order valence-corrected chi connectivity index (χ3v) is 2.11. The molecular formula is C11H15F. The summed E-state index contributed by atoms with van der Waals surface area (Å²) < 4.78 is 13.5. The standard InChI is InChI=1S/C11H15F/c1-4-9-6-5-7-10(8(2)3)11(9)12/h5-8H,4H2,1-3H3. The molecule has 0 spiro atoms. The van der Waals surface area contributed by atoms with Crippen LogP contribution in [-0.2, 0) is 6.42 Å². The second kappa shape index (κ2) is 3.70. The van der Waals surface area contributed by atoms with E-state index < -0.39 is 0 Å². The first-order chi connectivity index (χ1) is 5.66. The Kier molecular flexibility index (Phi) is 2.85. The van der Waals surface area contributed by atoms with Crippen molar-refractivity contribution in [3.05, 3.63) is 35.1 Å². The van der Waals surface area contributed by atoms with E-state index in [1.165, 1.54) is 0 Å². The molecule has 0 radical (unpaired) electrons. The Morgan fingerprint density at radius 3 is 2.50 bits per heavy atom. The van der Waals surface area contributed by atoms with E-state index in [0.717, 1.165) is 17.5 Å². The predicted molar refractivity (Wildman–Crippen MR) is 49.9 cm³/mol. The zero-order chi connectivity index (χ0) is 9.14. The van der Waals surface area contributed by atoms with Gasteiger partial charge in [-0.25, -0.2) is 4.39 Å². The van der Waals surface area contributed by atoms with Gasteiger partial charge in [-0.1, -0.05) is 39.0 Å². The maximum Gasteiger partial charge on any atom is 0.129 e. The van der Waals surface area contributed by atoms with Crippen LogP contribution >= 0.6 is 0 Å². The van der Waals surface area contributed by atoms with E-state index in [1.807, 2.05) is 39.0 Å². The van der Waals surface area contributed by atoms with Crippen molar-refractivity contribution < 1.29 is 4.39 Å². The van der Waals surface area contributed by atoms with Crippen LogP contribution in [0.5, 0.6) is 0 Å². The topological polar surface area (TPSA) is 0 Å². The highest BCUT2D eigenvalue weighted by atomic mass is 19.1. The van der Waals surface area contributed by atoms with E-state index in [0.29, 0.717) is 0 Å². The number of aryl methyl sites for hydroxylation is 1. The van der Waals surface area contributed by atoms with E-state index in [4.69, 9.17) is 0 Å². The second-order valence-corrected chi connectivity index (χ2v) is 3.33. The van der Waals surface area contributed by atoms with Crippen LogP contribution in [0.1, 0.15) is 37.8 Å². The quantitative estimate of drug-likeness (QED) is 0.630. The molecule has 0 amide bonds. The largest absolute Gasteiger partial charge is 0.206 e. The first-order valence-corrected chi connectivity index (χ1v) is 4.44. The Hall–Kier alpha value is -0.850. The molecule has 0 atom stereocenters. The summed E-state index contributed by atoms with van der Waals surface area (Å²) in [6.45, 7) is 6.00. The number of hydrogen-bond acceptors (Lipinski definition) is 0. The molecule has 1 aromatic carbocycles. The van der Waals surface area contributed by atoms with Gasteiger partial charge in [0.05, 0.1) is 0 Å². The van der Waals surface area contributed by atoms with E-state index in [-0.39, 0.29) is 11.7 Å². The van der Waals surface area contributed by atoms with Crippen LogP contribution in [0.15, 0.2) is 18.2 Å². The van der Waals surface area contributed by atoms with Crippen LogP contribution in [0.3, 0.4) is 0 Å². The zero-order valence-corrected chi connectivity index (χ0v) is 7.89. The fourth-order valence-corrected chi connectivity index (χ4v) is 1.32. The van der Waals surface area contributed by atoms with Gasteiger partial charge in [-0.05, 0) is 23.5 Å². The minimum Gasteiger partial charge on any atom is -0.206 e. The number of benzene rings is 1. The van der Waals surface area contributed by atoms with Crippen molar-refractivity contribution in [1.29, 1.82) is 0 Å². The molecule has 1 heteroatoms. The average Bonchev–Trinajstić information content (AvgIpc) is 2.04. The summed E-state index contributed by atoms with van der Waals surface area (Å²) in [5.41, 5.74) is 1.65. The van der Waals surface area contributed by atoms with Crippen molar-refractivity contribution in [3.8, 4) is 0 Å². The van der Waals surface area contributed by atoms with Gasteiger partial charge >= 0.3 is 0 Å². The smallest absolute Gasteiger partial charge is 0.129 e. The van der Waals surface area contributed by atoms with Crippen LogP contribution in [-0.4, -0.2) is 0 Å². The Morgan fingerprint density at radius 2 is 2.00 bits per heavy atom. The molecular weight excluding hydrogens is 151 g/mol. The maximum atomic E-state index is 13.5. The minimum atomic E-state index is -0.0185. The SMILES string of the molecule is CCc1cccc(C(C)C)c1F. The molecule has 0 saturated carbocycles. The van der Waals surface area contributed by atoms with Crippen molar-refractivity contribution in [3.63, 3.8) is 0 Å². The lowest BCUT2D eigenvalue weighted by Gasteiger charge is -2.09. The number of rotatable bonds is 2. The highest BCUT2D eigenvalue weighted by Crippen LogP contribution is 2.20. The molecule has 0 bridgehead atoms. The molecule has 0 aromatic heterocycles. The van der Waals surface area contributed by atoms with Crippen LogP contribution in [0.2, 0.25) is 0 Å². The highest BCUT2D eigenvalue weighted by molar-refractivity contribution is 5.28. The predicted octanol–water partition coefficient (Wildman–Crippen LogP) is 3.51. The highest BCUT2D eigenvalue weighted by Gasteiger charge is 2.08. The number of hydrogen-bond donors (Lipinski definition) is 0. The first-order valence-electron chi connectivity index (χ1n) is 4.44. The summed E-state index contributed by atoms with van der Waals surface area (Å²) in [7, 11) is 0. The zero-order valence-electron chi connectivity index (χ0n) is 7.89. The molecule has 0 aliphatic heterocycles. The van der Waals surface area contributed by atoms with Crippen molar-refractivity contribution in [2.45, 2.75) is 33.1 Å². The Morgan fingerprint density at radius 1 is 1.33 bits per heavy atom. The van der Waals surface area contributed by atoms with Crippen molar-refractivity contribution in [2.24, 2.45) is 0 Å². The molecule has 0 aliphatic rings. The molecule has 0 nitrogen and oxygen atoms in total. The average molecular weight is 166 g/mol. The Labute approximate surface area is 73.4 Å². The fraction of sp³-hybridized carbons (Fsp3) is 0.455. The lowest BCUT2D eigenvalue weighted by atomic mass is 9.99. The van der Waals surface area contributed by atoms with Crippen molar-refractivity contribution in [1.82, 2.24) is 0 Å². The molecule has 1 rings (SSSR count). The first kappa shape index (κ1) is 9.24. The fourth-order valence-electron chi connectivity index (χ4n) is 1.32. The van der Waals surface area contributed by atoms with Gasteiger partial charge in [-0.2, -0.15) is 0 Å².